The topological polar surface area (TPSA) is 78.7 Å². The van der Waals surface area contributed by atoms with Gasteiger partial charge in [0.05, 0.1) is 13.0 Å². The van der Waals surface area contributed by atoms with Crippen molar-refractivity contribution in [3.8, 4) is 0 Å². The van der Waals surface area contributed by atoms with Gasteiger partial charge in [-0.2, -0.15) is 0 Å². The normalized spacial score (nSPS) is 20.6. The number of carbonyl (C=O) groups is 2. The summed E-state index contributed by atoms with van der Waals surface area (Å²) in [6.45, 7) is 3.11. The average molecular weight is 201 g/mol. The van der Waals surface area contributed by atoms with Gasteiger partial charge in [0.15, 0.2) is 0 Å². The fraction of sp³-hybridized carbons (Fsp3) is 0.625. The van der Waals surface area contributed by atoms with E-state index in [1.165, 1.54) is 6.92 Å². The molecule has 0 aromatic heterocycles. The lowest BCUT2D eigenvalue weighted by atomic mass is 10.1. The molecule has 0 saturated heterocycles. The van der Waals surface area contributed by atoms with E-state index in [1.807, 2.05) is 0 Å². The molecule has 14 heavy (non-hydrogen) atoms. The maximum Gasteiger partial charge on any atom is 0.405 e. The molecule has 0 aromatic rings. The number of hydrogen-bond acceptors (Lipinski definition) is 5. The fourth-order valence-electron chi connectivity index (χ4n) is 1.06. The van der Waals surface area contributed by atoms with Crippen molar-refractivity contribution in [3.05, 3.63) is 5.21 Å². The number of hydrogen-bond donors (Lipinski definition) is 0. The Morgan fingerprint density at radius 3 is 2.79 bits per heavy atom. The first kappa shape index (κ1) is 10.5. The number of esters is 1. The van der Waals surface area contributed by atoms with Gasteiger partial charge in [-0.25, -0.2) is 4.79 Å². The standard InChI is InChI=1S/C8H11NO5/c1-3-13-8(11)6-4-7(5(2)10)14-9(6)12/h7H,3-4H2,1-2H3. The minimum Gasteiger partial charge on any atom is -0.458 e. The van der Waals surface area contributed by atoms with Gasteiger partial charge in [0.25, 0.3) is 0 Å². The Morgan fingerprint density at radius 2 is 2.36 bits per heavy atom. The maximum absolute atomic E-state index is 11.1. The van der Waals surface area contributed by atoms with E-state index in [0.29, 0.717) is 0 Å². The summed E-state index contributed by atoms with van der Waals surface area (Å²) in [4.78, 5) is 26.6. The fourth-order valence-corrected chi connectivity index (χ4v) is 1.06. The van der Waals surface area contributed by atoms with Crippen LogP contribution in [0.15, 0.2) is 0 Å². The van der Waals surface area contributed by atoms with Crippen molar-refractivity contribution in [2.45, 2.75) is 26.4 Å². The highest BCUT2D eigenvalue weighted by atomic mass is 16.9. The van der Waals surface area contributed by atoms with Crippen LogP contribution in [0, 0.1) is 5.21 Å². The molecule has 0 bridgehead atoms. The number of ether oxygens (including phenoxy) is 1. The lowest BCUT2D eigenvalue weighted by molar-refractivity contribution is -0.736. The Kier molecular flexibility index (Phi) is 3.06. The molecule has 0 radical (unpaired) electrons. The number of carbonyl (C=O) groups excluding carboxylic acids is 2. The zero-order valence-electron chi connectivity index (χ0n) is 7.98. The zero-order chi connectivity index (χ0) is 10.7. The first-order chi connectivity index (χ1) is 6.56. The van der Waals surface area contributed by atoms with Crippen LogP contribution in [0.4, 0.5) is 0 Å². The molecule has 1 rings (SSSR count). The Labute approximate surface area is 80.6 Å². The summed E-state index contributed by atoms with van der Waals surface area (Å²) in [5, 5.41) is 11.0. The van der Waals surface area contributed by atoms with Gasteiger partial charge in [-0.3, -0.25) is 10.0 Å². The molecule has 0 aromatic carbocycles. The van der Waals surface area contributed by atoms with Gasteiger partial charge in [0.1, 0.15) is 11.9 Å². The van der Waals surface area contributed by atoms with Crippen molar-refractivity contribution in [1.82, 2.24) is 0 Å². The molecule has 0 amide bonds. The molecule has 6 nitrogen and oxygen atoms in total. The molecule has 0 spiro atoms. The predicted molar refractivity (Wildman–Crippen MR) is 45.4 cm³/mol. The molecule has 0 saturated carbocycles. The van der Waals surface area contributed by atoms with Crippen LogP contribution in [0.5, 0.6) is 0 Å². The van der Waals surface area contributed by atoms with E-state index in [-0.39, 0.29) is 29.4 Å². The third-order valence-corrected chi connectivity index (χ3v) is 1.79. The summed E-state index contributed by atoms with van der Waals surface area (Å²) in [6.07, 6.45) is -0.871. The van der Waals surface area contributed by atoms with E-state index in [9.17, 15) is 14.8 Å². The SMILES string of the molecule is CCOC(=O)C1=[N+]([O-])OC(C(C)=O)C1. The number of Topliss-reactive ketones (excluding diaryl/α,β-unsaturated/α-hetero) is 1. The minimum absolute atomic E-state index is 0.0162. The molecule has 6 heteroatoms. The first-order valence-corrected chi connectivity index (χ1v) is 4.23. The van der Waals surface area contributed by atoms with Crippen molar-refractivity contribution in [1.29, 1.82) is 0 Å². The molecule has 1 unspecified atom stereocenters. The van der Waals surface area contributed by atoms with Gasteiger partial charge in [-0.15, -0.1) is 0 Å². The monoisotopic (exact) mass is 201 g/mol. The second kappa shape index (κ2) is 4.08. The number of nitrogens with zero attached hydrogens (tertiary/aromatic N) is 1. The summed E-state index contributed by atoms with van der Waals surface area (Å²) in [6, 6.07) is 0. The molecular weight excluding hydrogens is 190 g/mol. The highest BCUT2D eigenvalue weighted by molar-refractivity contribution is 6.34. The molecule has 1 atom stereocenters. The Morgan fingerprint density at radius 1 is 1.71 bits per heavy atom. The van der Waals surface area contributed by atoms with Crippen LogP contribution in [0.3, 0.4) is 0 Å². The molecular formula is C8H11NO5. The molecule has 1 aliphatic rings. The van der Waals surface area contributed by atoms with E-state index in [1.54, 1.807) is 6.92 Å². The predicted octanol–water partition coefficient (Wildman–Crippen LogP) is -0.206. The van der Waals surface area contributed by atoms with Crippen LogP contribution < -0.4 is 0 Å². The first-order valence-electron chi connectivity index (χ1n) is 4.23. The quantitative estimate of drug-likeness (QED) is 0.466. The summed E-state index contributed by atoms with van der Waals surface area (Å²) in [5.41, 5.74) is -0.160. The number of rotatable bonds is 3. The average Bonchev–Trinajstić information content (AvgIpc) is 2.48. The third kappa shape index (κ3) is 2.01. The molecule has 0 N–H and O–H groups in total. The second-order valence-corrected chi connectivity index (χ2v) is 2.83. The van der Waals surface area contributed by atoms with E-state index in [4.69, 9.17) is 0 Å². The van der Waals surface area contributed by atoms with Crippen LogP contribution in [0.1, 0.15) is 20.3 Å². The summed E-state index contributed by atoms with van der Waals surface area (Å²) in [5.74, 6) is -1.02. The Hall–Kier alpha value is -1.59. The van der Waals surface area contributed by atoms with Crippen molar-refractivity contribution in [2.75, 3.05) is 6.61 Å². The van der Waals surface area contributed by atoms with Crippen LogP contribution in [-0.2, 0) is 19.2 Å². The van der Waals surface area contributed by atoms with Crippen molar-refractivity contribution in [2.24, 2.45) is 0 Å². The van der Waals surface area contributed by atoms with Gasteiger partial charge >= 0.3 is 11.7 Å². The highest BCUT2D eigenvalue weighted by Crippen LogP contribution is 2.11. The van der Waals surface area contributed by atoms with Gasteiger partial charge in [0.2, 0.25) is 0 Å². The summed E-state index contributed by atoms with van der Waals surface area (Å²) in [7, 11) is 0. The van der Waals surface area contributed by atoms with Crippen LogP contribution in [-0.4, -0.2) is 35.1 Å². The summed E-state index contributed by atoms with van der Waals surface area (Å²) >= 11 is 0. The largest absolute Gasteiger partial charge is 0.458 e. The van der Waals surface area contributed by atoms with Crippen LogP contribution in [0.25, 0.3) is 0 Å². The molecule has 78 valence electrons. The second-order valence-electron chi connectivity index (χ2n) is 2.83. The Bertz CT molecular complexity index is 296. The van der Waals surface area contributed by atoms with E-state index in [2.05, 4.69) is 9.57 Å². The molecule has 1 aliphatic heterocycles. The minimum atomic E-state index is -0.855. The van der Waals surface area contributed by atoms with E-state index in [0.717, 1.165) is 0 Å². The maximum atomic E-state index is 11.1. The van der Waals surface area contributed by atoms with Crippen molar-refractivity contribution < 1.29 is 24.1 Å². The third-order valence-electron chi connectivity index (χ3n) is 1.79. The van der Waals surface area contributed by atoms with Gasteiger partial charge in [-0.05, 0) is 13.8 Å². The van der Waals surface area contributed by atoms with Crippen molar-refractivity contribution in [3.63, 3.8) is 0 Å². The van der Waals surface area contributed by atoms with E-state index >= 15 is 0 Å². The lowest BCUT2D eigenvalue weighted by Crippen LogP contribution is -2.22. The van der Waals surface area contributed by atoms with Gasteiger partial charge in [-0.1, -0.05) is 0 Å². The van der Waals surface area contributed by atoms with Gasteiger partial charge < -0.3 is 9.57 Å². The number of ketones is 1. The van der Waals surface area contributed by atoms with Crippen molar-refractivity contribution >= 4 is 17.5 Å². The van der Waals surface area contributed by atoms with E-state index < -0.39 is 12.1 Å². The smallest absolute Gasteiger partial charge is 0.405 e. The zero-order valence-corrected chi connectivity index (χ0v) is 7.98. The Balaban J connectivity index is 2.67. The summed E-state index contributed by atoms with van der Waals surface area (Å²) < 4.78 is 4.62. The van der Waals surface area contributed by atoms with Crippen LogP contribution in [0.2, 0.25) is 0 Å². The lowest BCUT2D eigenvalue weighted by Gasteiger charge is -2.04. The van der Waals surface area contributed by atoms with Gasteiger partial charge in [0, 0.05) is 4.90 Å². The van der Waals surface area contributed by atoms with Crippen LogP contribution >= 0.6 is 0 Å². The molecule has 1 heterocycles. The molecule has 0 fully saturated rings. The molecule has 0 aliphatic carbocycles. The highest BCUT2D eigenvalue weighted by Gasteiger charge is 2.36.